The van der Waals surface area contributed by atoms with Crippen molar-refractivity contribution in [3.8, 4) is 0 Å². The number of non-ortho nitro benzene ring substituents is 1. The van der Waals surface area contributed by atoms with E-state index >= 15 is 0 Å². The van der Waals surface area contributed by atoms with Crippen molar-refractivity contribution in [2.24, 2.45) is 4.99 Å². The zero-order valence-corrected chi connectivity index (χ0v) is 11.8. The van der Waals surface area contributed by atoms with E-state index in [1.54, 1.807) is 0 Å². The summed E-state index contributed by atoms with van der Waals surface area (Å²) in [6, 6.07) is 3.61. The van der Waals surface area contributed by atoms with Gasteiger partial charge < -0.3 is 5.11 Å². The maximum absolute atomic E-state index is 11.2. The minimum absolute atomic E-state index is 0. The van der Waals surface area contributed by atoms with Crippen LogP contribution in [0.25, 0.3) is 0 Å². The van der Waals surface area contributed by atoms with E-state index in [9.17, 15) is 20.0 Å². The van der Waals surface area contributed by atoms with Gasteiger partial charge in [-0.3, -0.25) is 19.9 Å². The van der Waals surface area contributed by atoms with Crippen molar-refractivity contribution in [2.75, 3.05) is 0 Å². The van der Waals surface area contributed by atoms with Crippen LogP contribution in [0.15, 0.2) is 23.2 Å². The van der Waals surface area contributed by atoms with Gasteiger partial charge in [-0.1, -0.05) is 0 Å². The molecule has 0 amide bonds. The number of carbonyl (C=O) groups is 1. The number of ketones is 1. The van der Waals surface area contributed by atoms with Crippen LogP contribution in [-0.4, -0.2) is 16.6 Å². The standard InChI is InChI=1S/C10H10N2O4.Na/c1-6(13)9-5-8(12(15)16)3-4-10(9)11-7(2)14;/h3-5H,1-2H3,(H,11,14);/q;+1/p-1. The van der Waals surface area contributed by atoms with Crippen LogP contribution in [0.2, 0.25) is 0 Å². The summed E-state index contributed by atoms with van der Waals surface area (Å²) in [5.41, 5.74) is 0.0303. The fourth-order valence-electron chi connectivity index (χ4n) is 1.19. The van der Waals surface area contributed by atoms with E-state index in [0.717, 1.165) is 6.07 Å². The fraction of sp³-hybridized carbons (Fsp3) is 0.200. The molecule has 0 fully saturated rings. The summed E-state index contributed by atoms with van der Waals surface area (Å²) in [4.78, 5) is 24.7. The summed E-state index contributed by atoms with van der Waals surface area (Å²) in [6.07, 6.45) is 0. The Balaban J connectivity index is 0.00000256. The minimum Gasteiger partial charge on any atom is -0.862 e. The average molecular weight is 244 g/mol. The van der Waals surface area contributed by atoms with Gasteiger partial charge in [-0.25, -0.2) is 0 Å². The average Bonchev–Trinajstić information content (AvgIpc) is 2.16. The summed E-state index contributed by atoms with van der Waals surface area (Å²) >= 11 is 0. The number of hydrogen-bond acceptors (Lipinski definition) is 5. The molecule has 0 saturated carbocycles. The summed E-state index contributed by atoms with van der Waals surface area (Å²) < 4.78 is 0. The number of aliphatic imine (C=N–C) groups is 1. The molecular weight excluding hydrogens is 235 g/mol. The largest absolute Gasteiger partial charge is 1.00 e. The molecule has 0 aliphatic rings. The van der Waals surface area contributed by atoms with E-state index in [1.807, 2.05) is 0 Å². The monoisotopic (exact) mass is 244 g/mol. The van der Waals surface area contributed by atoms with Crippen molar-refractivity contribution in [3.05, 3.63) is 33.9 Å². The molecule has 0 radical (unpaired) electrons. The van der Waals surface area contributed by atoms with Gasteiger partial charge in [0.25, 0.3) is 5.69 Å². The Labute approximate surface area is 120 Å². The third-order valence-electron chi connectivity index (χ3n) is 1.85. The van der Waals surface area contributed by atoms with Crippen molar-refractivity contribution >= 4 is 23.1 Å². The summed E-state index contributed by atoms with van der Waals surface area (Å²) in [6.45, 7) is 2.50. The molecule has 0 aromatic heterocycles. The molecule has 0 N–H and O–H groups in total. The van der Waals surface area contributed by atoms with Crippen molar-refractivity contribution < 1.29 is 44.4 Å². The number of nitrogens with zero attached hydrogens (tertiary/aromatic N) is 2. The molecule has 0 spiro atoms. The second kappa shape index (κ2) is 6.48. The molecule has 84 valence electrons. The Morgan fingerprint density at radius 2 is 1.94 bits per heavy atom. The van der Waals surface area contributed by atoms with Gasteiger partial charge >= 0.3 is 29.6 Å². The van der Waals surface area contributed by atoms with Crippen LogP contribution in [0, 0.1) is 10.1 Å². The first kappa shape index (κ1) is 15.8. The van der Waals surface area contributed by atoms with Crippen molar-refractivity contribution in [2.45, 2.75) is 13.8 Å². The van der Waals surface area contributed by atoms with Crippen LogP contribution in [0.1, 0.15) is 24.2 Å². The first-order valence-corrected chi connectivity index (χ1v) is 4.43. The zero-order chi connectivity index (χ0) is 12.3. The third-order valence-corrected chi connectivity index (χ3v) is 1.85. The van der Waals surface area contributed by atoms with Crippen LogP contribution in [0.3, 0.4) is 0 Å². The Hall–Kier alpha value is -1.24. The second-order valence-corrected chi connectivity index (χ2v) is 3.15. The summed E-state index contributed by atoms with van der Waals surface area (Å²) in [5, 5.41) is 21.3. The Kier molecular flexibility index (Phi) is 6.01. The molecule has 0 aliphatic heterocycles. The predicted molar refractivity (Wildman–Crippen MR) is 55.9 cm³/mol. The van der Waals surface area contributed by atoms with Gasteiger partial charge in [0.2, 0.25) is 0 Å². The maximum atomic E-state index is 11.2. The SMILES string of the molecule is CC(=O)c1cc([N+](=O)[O-])ccc1N=C(C)[O-].[Na+]. The molecule has 1 aromatic rings. The first-order valence-electron chi connectivity index (χ1n) is 4.43. The molecule has 6 nitrogen and oxygen atoms in total. The number of benzene rings is 1. The Bertz CT molecular complexity index is 481. The minimum atomic E-state index is -0.607. The molecule has 17 heavy (non-hydrogen) atoms. The Morgan fingerprint density at radius 3 is 2.35 bits per heavy atom. The second-order valence-electron chi connectivity index (χ2n) is 3.15. The molecule has 0 unspecified atom stereocenters. The number of rotatable bonds is 3. The summed E-state index contributed by atoms with van der Waals surface area (Å²) in [7, 11) is 0. The van der Waals surface area contributed by atoms with Gasteiger partial charge in [-0.15, -0.1) is 0 Å². The molecule has 1 aromatic carbocycles. The molecule has 0 heterocycles. The van der Waals surface area contributed by atoms with Gasteiger partial charge in [0.15, 0.2) is 5.78 Å². The first-order chi connectivity index (χ1) is 7.41. The topological polar surface area (TPSA) is 95.6 Å². The van der Waals surface area contributed by atoms with E-state index < -0.39 is 10.8 Å². The zero-order valence-electron chi connectivity index (χ0n) is 9.76. The molecule has 0 aliphatic carbocycles. The van der Waals surface area contributed by atoms with Crippen molar-refractivity contribution in [1.29, 1.82) is 0 Å². The van der Waals surface area contributed by atoms with E-state index in [4.69, 9.17) is 0 Å². The number of nitro groups is 1. The Morgan fingerprint density at radius 1 is 1.35 bits per heavy atom. The maximum Gasteiger partial charge on any atom is 1.00 e. The van der Waals surface area contributed by atoms with Crippen molar-refractivity contribution in [1.82, 2.24) is 0 Å². The van der Waals surface area contributed by atoms with E-state index in [1.165, 1.54) is 26.0 Å². The fourth-order valence-corrected chi connectivity index (χ4v) is 1.19. The van der Waals surface area contributed by atoms with E-state index in [-0.39, 0.29) is 52.3 Å². The molecule has 1 rings (SSSR count). The van der Waals surface area contributed by atoms with E-state index in [2.05, 4.69) is 4.99 Å². The van der Waals surface area contributed by atoms with Gasteiger partial charge in [-0.2, -0.15) is 0 Å². The van der Waals surface area contributed by atoms with Crippen LogP contribution >= 0.6 is 0 Å². The van der Waals surface area contributed by atoms with Crippen LogP contribution in [0.5, 0.6) is 0 Å². The molecule has 0 atom stereocenters. The molecule has 0 bridgehead atoms. The number of hydrogen-bond donors (Lipinski definition) is 0. The summed E-state index contributed by atoms with van der Waals surface area (Å²) in [5.74, 6) is -0.833. The van der Waals surface area contributed by atoms with Crippen LogP contribution in [-0.2, 0) is 0 Å². The third kappa shape index (κ3) is 4.26. The predicted octanol–water partition coefficient (Wildman–Crippen LogP) is -1.79. The van der Waals surface area contributed by atoms with E-state index in [0.29, 0.717) is 0 Å². The van der Waals surface area contributed by atoms with Gasteiger partial charge in [-0.05, 0) is 25.8 Å². The normalized spacial score (nSPS) is 10.6. The number of Topliss-reactive ketones (excluding diaryl/α,β-unsaturated/α-hetero) is 1. The number of carbonyl (C=O) groups excluding carboxylic acids is 1. The van der Waals surface area contributed by atoms with Crippen LogP contribution in [0.4, 0.5) is 11.4 Å². The van der Waals surface area contributed by atoms with Gasteiger partial charge in [0.05, 0.1) is 10.6 Å². The van der Waals surface area contributed by atoms with Crippen LogP contribution < -0.4 is 34.7 Å². The quantitative estimate of drug-likeness (QED) is 0.157. The number of nitro benzene ring substituents is 1. The molecular formula is C10H9N2NaO4. The van der Waals surface area contributed by atoms with Gasteiger partial charge in [0, 0.05) is 17.7 Å². The van der Waals surface area contributed by atoms with Crippen molar-refractivity contribution in [3.63, 3.8) is 0 Å². The molecule has 7 heteroatoms. The van der Waals surface area contributed by atoms with Gasteiger partial charge in [0.1, 0.15) is 0 Å². The smallest absolute Gasteiger partial charge is 0.862 e. The molecule has 0 saturated heterocycles.